The van der Waals surface area contributed by atoms with E-state index in [1.165, 1.54) is 0 Å². The molecule has 0 aliphatic rings. The third-order valence-electron chi connectivity index (χ3n) is 1.69. The van der Waals surface area contributed by atoms with E-state index in [0.717, 1.165) is 12.8 Å². The third-order valence-corrected chi connectivity index (χ3v) is 1.69. The number of hydrogen-bond donors (Lipinski definition) is 0. The van der Waals surface area contributed by atoms with Crippen LogP contribution >= 0.6 is 0 Å². The first kappa shape index (κ1) is 15.0. The van der Waals surface area contributed by atoms with Gasteiger partial charge in [-0.3, -0.25) is 0 Å². The quantitative estimate of drug-likeness (QED) is 0.639. The fraction of sp³-hybridized carbons (Fsp3) is 0.917. The SMILES string of the molecule is CC.CC(C)CC(C#N)CC(C)C. The van der Waals surface area contributed by atoms with Gasteiger partial charge in [-0.2, -0.15) is 5.26 Å². The largest absolute Gasteiger partial charge is 0.198 e. The first-order chi connectivity index (χ1) is 6.06. The third kappa shape index (κ3) is 11.5. The highest BCUT2D eigenvalue weighted by atomic mass is 14.3. The molecule has 0 aromatic heterocycles. The molecule has 1 nitrogen and oxygen atoms in total. The number of nitrogens with zero attached hydrogens (tertiary/aromatic N) is 1. The molecule has 0 aliphatic heterocycles. The normalized spacial score (nSPS) is 9.85. The van der Waals surface area contributed by atoms with Crippen LogP contribution in [0.4, 0.5) is 0 Å². The van der Waals surface area contributed by atoms with Crippen LogP contribution in [0.3, 0.4) is 0 Å². The van der Waals surface area contributed by atoms with E-state index >= 15 is 0 Å². The van der Waals surface area contributed by atoms with Gasteiger partial charge in [-0.1, -0.05) is 41.5 Å². The van der Waals surface area contributed by atoms with Crippen molar-refractivity contribution in [1.82, 2.24) is 0 Å². The minimum Gasteiger partial charge on any atom is -0.198 e. The fourth-order valence-corrected chi connectivity index (χ4v) is 1.34. The molecule has 0 aliphatic carbocycles. The monoisotopic (exact) mass is 183 g/mol. The zero-order valence-electron chi connectivity index (χ0n) is 10.1. The fourth-order valence-electron chi connectivity index (χ4n) is 1.34. The van der Waals surface area contributed by atoms with Crippen molar-refractivity contribution in [3.05, 3.63) is 0 Å². The zero-order valence-corrected chi connectivity index (χ0v) is 10.1. The van der Waals surface area contributed by atoms with Crippen molar-refractivity contribution in [1.29, 1.82) is 5.26 Å². The highest BCUT2D eigenvalue weighted by Gasteiger charge is 2.10. The van der Waals surface area contributed by atoms with Crippen molar-refractivity contribution in [2.24, 2.45) is 17.8 Å². The lowest BCUT2D eigenvalue weighted by Crippen LogP contribution is -2.05. The van der Waals surface area contributed by atoms with Crippen molar-refractivity contribution < 1.29 is 0 Å². The van der Waals surface area contributed by atoms with Gasteiger partial charge >= 0.3 is 0 Å². The number of nitriles is 1. The summed E-state index contributed by atoms with van der Waals surface area (Å²) in [6.45, 7) is 12.7. The molecule has 0 radical (unpaired) electrons. The van der Waals surface area contributed by atoms with E-state index in [1.54, 1.807) is 0 Å². The summed E-state index contributed by atoms with van der Waals surface area (Å²) in [4.78, 5) is 0. The Morgan fingerprint density at radius 2 is 1.23 bits per heavy atom. The van der Waals surface area contributed by atoms with E-state index in [0.29, 0.717) is 11.8 Å². The van der Waals surface area contributed by atoms with Crippen LogP contribution in [0.25, 0.3) is 0 Å². The molecule has 0 bridgehead atoms. The summed E-state index contributed by atoms with van der Waals surface area (Å²) in [5.74, 6) is 1.58. The summed E-state index contributed by atoms with van der Waals surface area (Å²) >= 11 is 0. The van der Waals surface area contributed by atoms with Crippen LogP contribution in [0.5, 0.6) is 0 Å². The summed E-state index contributed by atoms with van der Waals surface area (Å²) in [5, 5.41) is 8.77. The lowest BCUT2D eigenvalue weighted by molar-refractivity contribution is 0.407. The smallest absolute Gasteiger partial charge is 0.0655 e. The highest BCUT2D eigenvalue weighted by molar-refractivity contribution is 4.83. The molecule has 1 heteroatoms. The van der Waals surface area contributed by atoms with Gasteiger partial charge in [0.1, 0.15) is 0 Å². The Balaban J connectivity index is 0. The lowest BCUT2D eigenvalue weighted by Gasteiger charge is -2.13. The average Bonchev–Trinajstić information content (AvgIpc) is 2.05. The second-order valence-corrected chi connectivity index (χ2v) is 4.09. The number of hydrogen-bond acceptors (Lipinski definition) is 1. The Hall–Kier alpha value is -0.510. The maximum atomic E-state index is 8.77. The predicted octanol–water partition coefficient (Wildman–Crippen LogP) is 4.24. The zero-order chi connectivity index (χ0) is 10.9. The molecule has 0 fully saturated rings. The predicted molar refractivity (Wildman–Crippen MR) is 59.4 cm³/mol. The van der Waals surface area contributed by atoms with Gasteiger partial charge in [0.25, 0.3) is 0 Å². The van der Waals surface area contributed by atoms with Gasteiger partial charge < -0.3 is 0 Å². The summed E-state index contributed by atoms with van der Waals surface area (Å²) in [5.41, 5.74) is 0. The molecule has 0 aromatic rings. The molecule has 0 saturated heterocycles. The van der Waals surface area contributed by atoms with E-state index in [9.17, 15) is 0 Å². The van der Waals surface area contributed by atoms with Crippen LogP contribution in [-0.2, 0) is 0 Å². The molecule has 0 spiro atoms. The van der Waals surface area contributed by atoms with Crippen LogP contribution in [-0.4, -0.2) is 0 Å². The average molecular weight is 183 g/mol. The van der Waals surface area contributed by atoms with Crippen molar-refractivity contribution in [3.63, 3.8) is 0 Å². The van der Waals surface area contributed by atoms with E-state index in [2.05, 4.69) is 33.8 Å². The van der Waals surface area contributed by atoms with Crippen LogP contribution in [0.1, 0.15) is 54.4 Å². The molecule has 0 heterocycles. The lowest BCUT2D eigenvalue weighted by atomic mass is 9.91. The molecule has 0 rings (SSSR count). The standard InChI is InChI=1S/C10H19N.C2H6/c1-8(2)5-10(7-11)6-9(3)4;1-2/h8-10H,5-6H2,1-4H3;1-2H3. The first-order valence-electron chi connectivity index (χ1n) is 5.45. The van der Waals surface area contributed by atoms with Crippen molar-refractivity contribution in [2.45, 2.75) is 54.4 Å². The van der Waals surface area contributed by atoms with E-state index < -0.39 is 0 Å². The second-order valence-electron chi connectivity index (χ2n) is 4.09. The van der Waals surface area contributed by atoms with E-state index in [4.69, 9.17) is 5.26 Å². The summed E-state index contributed by atoms with van der Waals surface area (Å²) < 4.78 is 0. The summed E-state index contributed by atoms with van der Waals surface area (Å²) in [6, 6.07) is 2.36. The Morgan fingerprint density at radius 1 is 0.923 bits per heavy atom. The highest BCUT2D eigenvalue weighted by Crippen LogP contribution is 2.18. The summed E-state index contributed by atoms with van der Waals surface area (Å²) in [6.07, 6.45) is 2.10. The summed E-state index contributed by atoms with van der Waals surface area (Å²) in [7, 11) is 0. The Bertz CT molecular complexity index is 121. The topological polar surface area (TPSA) is 23.8 Å². The molecule has 0 aromatic carbocycles. The van der Waals surface area contributed by atoms with Crippen LogP contribution in [0.15, 0.2) is 0 Å². The number of rotatable bonds is 4. The van der Waals surface area contributed by atoms with Crippen molar-refractivity contribution >= 4 is 0 Å². The Labute approximate surface area is 84.2 Å². The maximum absolute atomic E-state index is 8.77. The van der Waals surface area contributed by atoms with E-state index in [1.807, 2.05) is 13.8 Å². The van der Waals surface area contributed by atoms with Gasteiger partial charge in [-0.05, 0) is 24.7 Å². The van der Waals surface area contributed by atoms with Crippen LogP contribution < -0.4 is 0 Å². The van der Waals surface area contributed by atoms with Gasteiger partial charge in [0.15, 0.2) is 0 Å². The Kier molecular flexibility index (Phi) is 11.0. The van der Waals surface area contributed by atoms with E-state index in [-0.39, 0.29) is 5.92 Å². The van der Waals surface area contributed by atoms with Gasteiger partial charge in [0.05, 0.1) is 6.07 Å². The molecule has 0 amide bonds. The van der Waals surface area contributed by atoms with Gasteiger partial charge in [-0.15, -0.1) is 0 Å². The Morgan fingerprint density at radius 3 is 1.38 bits per heavy atom. The van der Waals surface area contributed by atoms with Crippen molar-refractivity contribution in [3.8, 4) is 6.07 Å². The first-order valence-corrected chi connectivity index (χ1v) is 5.45. The molecule has 78 valence electrons. The van der Waals surface area contributed by atoms with Gasteiger partial charge in [0.2, 0.25) is 0 Å². The molecule has 0 unspecified atom stereocenters. The molecule has 0 atom stereocenters. The second kappa shape index (κ2) is 9.58. The molecule has 13 heavy (non-hydrogen) atoms. The van der Waals surface area contributed by atoms with Crippen LogP contribution in [0.2, 0.25) is 0 Å². The van der Waals surface area contributed by atoms with Crippen molar-refractivity contribution in [2.75, 3.05) is 0 Å². The molecular formula is C12H25N. The van der Waals surface area contributed by atoms with Crippen LogP contribution in [0, 0.1) is 29.1 Å². The molecule has 0 N–H and O–H groups in total. The maximum Gasteiger partial charge on any atom is 0.0655 e. The van der Waals surface area contributed by atoms with Gasteiger partial charge in [0, 0.05) is 5.92 Å². The van der Waals surface area contributed by atoms with Gasteiger partial charge in [-0.25, -0.2) is 0 Å². The molecule has 0 saturated carbocycles. The minimum atomic E-state index is 0.273. The minimum absolute atomic E-state index is 0.273. The molecular weight excluding hydrogens is 158 g/mol.